The SMILES string of the molecule is CC(=O)NCCNC(=O)C1C2C=CC(C2)C1C(=O)O. The lowest BCUT2D eigenvalue weighted by Crippen LogP contribution is -2.42. The molecule has 2 aliphatic rings. The van der Waals surface area contributed by atoms with Crippen molar-refractivity contribution in [2.24, 2.45) is 23.7 Å². The van der Waals surface area contributed by atoms with Crippen molar-refractivity contribution in [2.75, 3.05) is 13.1 Å². The Morgan fingerprint density at radius 3 is 2.26 bits per heavy atom. The lowest BCUT2D eigenvalue weighted by atomic mass is 9.82. The molecule has 6 nitrogen and oxygen atoms in total. The van der Waals surface area contributed by atoms with E-state index in [0.717, 1.165) is 6.42 Å². The summed E-state index contributed by atoms with van der Waals surface area (Å²) < 4.78 is 0. The minimum atomic E-state index is -0.904. The van der Waals surface area contributed by atoms with Crippen molar-refractivity contribution in [3.63, 3.8) is 0 Å². The van der Waals surface area contributed by atoms with Crippen LogP contribution in [-0.2, 0) is 14.4 Å². The van der Waals surface area contributed by atoms with Crippen LogP contribution in [-0.4, -0.2) is 36.0 Å². The molecule has 1 saturated carbocycles. The molecule has 0 radical (unpaired) electrons. The Morgan fingerprint density at radius 2 is 1.68 bits per heavy atom. The Bertz CT molecular complexity index is 432. The summed E-state index contributed by atoms with van der Waals surface area (Å²) in [6.07, 6.45) is 4.60. The van der Waals surface area contributed by atoms with Crippen LogP contribution in [0.4, 0.5) is 0 Å². The number of rotatable bonds is 5. The fraction of sp³-hybridized carbons (Fsp3) is 0.615. The second-order valence-corrected chi connectivity index (χ2v) is 5.11. The van der Waals surface area contributed by atoms with Gasteiger partial charge in [-0.2, -0.15) is 0 Å². The van der Waals surface area contributed by atoms with Crippen LogP contribution in [0.25, 0.3) is 0 Å². The van der Waals surface area contributed by atoms with E-state index in [0.29, 0.717) is 13.1 Å². The van der Waals surface area contributed by atoms with Crippen LogP contribution in [0.1, 0.15) is 13.3 Å². The van der Waals surface area contributed by atoms with Gasteiger partial charge in [0.05, 0.1) is 11.8 Å². The highest BCUT2D eigenvalue weighted by Crippen LogP contribution is 2.48. The summed E-state index contributed by atoms with van der Waals surface area (Å²) in [5.41, 5.74) is 0. The molecule has 0 heterocycles. The fourth-order valence-corrected chi connectivity index (χ4v) is 3.06. The molecular weight excluding hydrogens is 248 g/mol. The first kappa shape index (κ1) is 13.6. The quantitative estimate of drug-likeness (QED) is 0.473. The molecule has 2 rings (SSSR count). The smallest absolute Gasteiger partial charge is 0.307 e. The monoisotopic (exact) mass is 266 g/mol. The third kappa shape index (κ3) is 2.77. The molecule has 1 fully saturated rings. The van der Waals surface area contributed by atoms with Crippen LogP contribution in [0.15, 0.2) is 12.2 Å². The van der Waals surface area contributed by atoms with E-state index in [9.17, 15) is 19.5 Å². The van der Waals surface area contributed by atoms with Crippen molar-refractivity contribution in [3.8, 4) is 0 Å². The minimum absolute atomic E-state index is 0.0198. The number of allylic oxidation sites excluding steroid dienone is 2. The molecule has 3 N–H and O–H groups in total. The van der Waals surface area contributed by atoms with Gasteiger partial charge in [-0.15, -0.1) is 0 Å². The normalized spacial score (nSPS) is 31.2. The van der Waals surface area contributed by atoms with E-state index in [2.05, 4.69) is 10.6 Å². The second-order valence-electron chi connectivity index (χ2n) is 5.11. The number of fused-ring (bicyclic) bond motifs is 2. The Labute approximate surface area is 111 Å². The summed E-state index contributed by atoms with van der Waals surface area (Å²) in [6, 6.07) is 0. The Balaban J connectivity index is 1.89. The first-order chi connectivity index (χ1) is 9.00. The summed E-state index contributed by atoms with van der Waals surface area (Å²) in [5.74, 6) is -2.37. The van der Waals surface area contributed by atoms with Gasteiger partial charge >= 0.3 is 5.97 Å². The van der Waals surface area contributed by atoms with Crippen LogP contribution in [0.3, 0.4) is 0 Å². The van der Waals surface area contributed by atoms with Crippen LogP contribution < -0.4 is 10.6 Å². The molecule has 0 aromatic carbocycles. The summed E-state index contributed by atoms with van der Waals surface area (Å²) >= 11 is 0. The molecule has 0 aliphatic heterocycles. The first-order valence-corrected chi connectivity index (χ1v) is 6.44. The van der Waals surface area contributed by atoms with E-state index in [4.69, 9.17) is 0 Å². The summed E-state index contributed by atoms with van der Waals surface area (Å²) in [6.45, 7) is 2.08. The van der Waals surface area contributed by atoms with Gasteiger partial charge in [-0.25, -0.2) is 0 Å². The number of carbonyl (C=O) groups excluding carboxylic acids is 2. The average Bonchev–Trinajstić information content (AvgIpc) is 2.93. The highest BCUT2D eigenvalue weighted by atomic mass is 16.4. The maximum Gasteiger partial charge on any atom is 0.307 e. The number of carbonyl (C=O) groups is 3. The predicted molar refractivity (Wildman–Crippen MR) is 67.0 cm³/mol. The van der Waals surface area contributed by atoms with E-state index < -0.39 is 17.8 Å². The number of aliphatic carboxylic acids is 1. The summed E-state index contributed by atoms with van der Waals surface area (Å²) in [4.78, 5) is 34.0. The van der Waals surface area contributed by atoms with Gasteiger partial charge in [-0.3, -0.25) is 14.4 Å². The molecule has 0 aromatic rings. The van der Waals surface area contributed by atoms with E-state index in [-0.39, 0.29) is 23.7 Å². The van der Waals surface area contributed by atoms with E-state index in [1.807, 2.05) is 12.2 Å². The molecular formula is C13H18N2O4. The van der Waals surface area contributed by atoms with Gasteiger partial charge in [0.25, 0.3) is 0 Å². The number of hydrogen-bond donors (Lipinski definition) is 3. The van der Waals surface area contributed by atoms with E-state index >= 15 is 0 Å². The third-order valence-electron chi connectivity index (χ3n) is 3.85. The van der Waals surface area contributed by atoms with Gasteiger partial charge < -0.3 is 15.7 Å². The molecule has 0 spiro atoms. The molecule has 19 heavy (non-hydrogen) atoms. The van der Waals surface area contributed by atoms with Gasteiger partial charge in [0.15, 0.2) is 0 Å². The van der Waals surface area contributed by atoms with Gasteiger partial charge in [0.1, 0.15) is 0 Å². The lowest BCUT2D eigenvalue weighted by Gasteiger charge is -2.23. The second kappa shape index (κ2) is 5.42. The predicted octanol–water partition coefficient (Wildman–Crippen LogP) is -0.238. The highest BCUT2D eigenvalue weighted by Gasteiger charge is 2.51. The number of nitrogens with one attached hydrogen (secondary N) is 2. The van der Waals surface area contributed by atoms with Crippen molar-refractivity contribution in [1.29, 1.82) is 0 Å². The minimum Gasteiger partial charge on any atom is -0.481 e. The molecule has 4 atom stereocenters. The highest BCUT2D eigenvalue weighted by molar-refractivity contribution is 5.86. The van der Waals surface area contributed by atoms with Crippen molar-refractivity contribution in [2.45, 2.75) is 13.3 Å². The maximum atomic E-state index is 12.1. The summed E-state index contributed by atoms with van der Waals surface area (Å²) in [5, 5.41) is 14.5. The standard InChI is InChI=1S/C13H18N2O4/c1-7(16)14-4-5-15-12(17)10-8-2-3-9(6-8)11(10)13(18)19/h2-3,8-11H,4-6H2,1H3,(H,14,16)(H,15,17)(H,18,19). The van der Waals surface area contributed by atoms with Crippen LogP contribution in [0.5, 0.6) is 0 Å². The lowest BCUT2D eigenvalue weighted by molar-refractivity contribution is -0.147. The molecule has 0 saturated heterocycles. The van der Waals surface area contributed by atoms with Gasteiger partial charge in [0, 0.05) is 20.0 Å². The zero-order valence-electron chi connectivity index (χ0n) is 10.8. The Kier molecular flexibility index (Phi) is 3.87. The van der Waals surface area contributed by atoms with Crippen LogP contribution in [0.2, 0.25) is 0 Å². The molecule has 104 valence electrons. The summed E-state index contributed by atoms with van der Waals surface area (Å²) in [7, 11) is 0. The van der Waals surface area contributed by atoms with Crippen molar-refractivity contribution < 1.29 is 19.5 Å². The Morgan fingerprint density at radius 1 is 1.11 bits per heavy atom. The number of carboxylic acid groups (broad SMARTS) is 1. The number of hydrogen-bond acceptors (Lipinski definition) is 3. The molecule has 4 unspecified atom stereocenters. The van der Waals surface area contributed by atoms with Crippen molar-refractivity contribution >= 4 is 17.8 Å². The van der Waals surface area contributed by atoms with Gasteiger partial charge in [-0.1, -0.05) is 12.2 Å². The fourth-order valence-electron chi connectivity index (χ4n) is 3.06. The number of amides is 2. The molecule has 0 aromatic heterocycles. The van der Waals surface area contributed by atoms with Gasteiger partial charge in [-0.05, 0) is 18.3 Å². The average molecular weight is 266 g/mol. The molecule has 6 heteroatoms. The third-order valence-corrected chi connectivity index (χ3v) is 3.85. The molecule has 2 aliphatic carbocycles. The molecule has 2 bridgehead atoms. The van der Waals surface area contributed by atoms with Crippen LogP contribution in [0, 0.1) is 23.7 Å². The zero-order valence-corrected chi connectivity index (χ0v) is 10.8. The van der Waals surface area contributed by atoms with Gasteiger partial charge in [0.2, 0.25) is 11.8 Å². The van der Waals surface area contributed by atoms with Crippen molar-refractivity contribution in [1.82, 2.24) is 10.6 Å². The Hall–Kier alpha value is -1.85. The number of carboxylic acids is 1. The first-order valence-electron chi connectivity index (χ1n) is 6.44. The molecule has 2 amide bonds. The largest absolute Gasteiger partial charge is 0.481 e. The maximum absolute atomic E-state index is 12.1. The topological polar surface area (TPSA) is 95.5 Å². The van der Waals surface area contributed by atoms with Crippen LogP contribution >= 0.6 is 0 Å². The van der Waals surface area contributed by atoms with Crippen molar-refractivity contribution in [3.05, 3.63) is 12.2 Å². The van der Waals surface area contributed by atoms with E-state index in [1.54, 1.807) is 0 Å². The van der Waals surface area contributed by atoms with E-state index in [1.165, 1.54) is 6.92 Å². The zero-order chi connectivity index (χ0) is 14.0.